The Balaban J connectivity index is 2.69. The molecule has 0 amide bonds. The smallest absolute Gasteiger partial charge is 0.287 e. The van der Waals surface area contributed by atoms with Crippen molar-refractivity contribution in [1.82, 2.24) is 0 Å². The Bertz CT molecular complexity index is 429. The molecule has 0 saturated heterocycles. The first-order valence-electron chi connectivity index (χ1n) is 5.48. The van der Waals surface area contributed by atoms with Crippen molar-refractivity contribution in [3.8, 4) is 0 Å². The summed E-state index contributed by atoms with van der Waals surface area (Å²) in [6, 6.07) is 4.97. The van der Waals surface area contributed by atoms with E-state index in [9.17, 15) is 4.57 Å². The lowest BCUT2D eigenvalue weighted by Crippen LogP contribution is -2.00. The Morgan fingerprint density at radius 2 is 1.72 bits per heavy atom. The topological polar surface area (TPSA) is 44.8 Å². The summed E-state index contributed by atoms with van der Waals surface area (Å²) in [5, 5.41) is 0.976. The van der Waals surface area contributed by atoms with Crippen molar-refractivity contribution in [3.05, 3.63) is 33.8 Å². The highest BCUT2D eigenvalue weighted by Gasteiger charge is 2.25. The van der Waals surface area contributed by atoms with E-state index in [1.54, 1.807) is 32.0 Å². The van der Waals surface area contributed by atoms with Crippen LogP contribution in [0.4, 0.5) is 0 Å². The van der Waals surface area contributed by atoms with Crippen LogP contribution in [-0.4, -0.2) is 13.2 Å². The zero-order valence-corrected chi connectivity index (χ0v) is 12.6. The molecular formula is C11H15Cl2O4P. The molecule has 0 aliphatic heterocycles. The van der Waals surface area contributed by atoms with Gasteiger partial charge in [-0.15, -0.1) is 0 Å². The maximum absolute atomic E-state index is 12.0. The number of phosphoric ester groups is 1. The summed E-state index contributed by atoms with van der Waals surface area (Å²) in [5.74, 6) is 0. The van der Waals surface area contributed by atoms with E-state index < -0.39 is 7.82 Å². The summed E-state index contributed by atoms with van der Waals surface area (Å²) < 4.78 is 27.2. The highest BCUT2D eigenvalue weighted by molar-refractivity contribution is 7.48. The second-order valence-electron chi connectivity index (χ2n) is 3.29. The summed E-state index contributed by atoms with van der Waals surface area (Å²) in [5.41, 5.74) is 0.667. The SMILES string of the molecule is CCOP(=O)(OCC)OCc1ccc(Cl)cc1Cl. The fourth-order valence-electron chi connectivity index (χ4n) is 1.22. The lowest BCUT2D eigenvalue weighted by atomic mass is 10.2. The van der Waals surface area contributed by atoms with Gasteiger partial charge in [0.2, 0.25) is 0 Å². The fourth-order valence-corrected chi connectivity index (χ4v) is 2.83. The Morgan fingerprint density at radius 3 is 2.22 bits per heavy atom. The van der Waals surface area contributed by atoms with Crippen LogP contribution in [0, 0.1) is 0 Å². The molecule has 0 aliphatic rings. The van der Waals surface area contributed by atoms with Crippen molar-refractivity contribution in [1.29, 1.82) is 0 Å². The maximum atomic E-state index is 12.0. The van der Waals surface area contributed by atoms with E-state index in [4.69, 9.17) is 36.8 Å². The first kappa shape index (κ1) is 16.0. The number of phosphoric acid groups is 1. The lowest BCUT2D eigenvalue weighted by Gasteiger charge is -2.16. The lowest BCUT2D eigenvalue weighted by molar-refractivity contribution is 0.116. The van der Waals surface area contributed by atoms with Gasteiger partial charge in [0.05, 0.1) is 19.8 Å². The highest BCUT2D eigenvalue weighted by Crippen LogP contribution is 2.50. The molecule has 18 heavy (non-hydrogen) atoms. The number of benzene rings is 1. The second-order valence-corrected chi connectivity index (χ2v) is 5.80. The average Bonchev–Trinajstić information content (AvgIpc) is 2.28. The van der Waals surface area contributed by atoms with Gasteiger partial charge in [0.1, 0.15) is 0 Å². The molecule has 1 aromatic carbocycles. The van der Waals surface area contributed by atoms with Gasteiger partial charge >= 0.3 is 7.82 Å². The van der Waals surface area contributed by atoms with Crippen LogP contribution in [0.1, 0.15) is 19.4 Å². The highest BCUT2D eigenvalue weighted by atomic mass is 35.5. The molecule has 0 saturated carbocycles. The van der Waals surface area contributed by atoms with Crippen molar-refractivity contribution in [2.45, 2.75) is 20.5 Å². The second kappa shape index (κ2) is 7.49. The van der Waals surface area contributed by atoms with Crippen LogP contribution in [-0.2, 0) is 24.7 Å². The van der Waals surface area contributed by atoms with Gasteiger partial charge in [-0.25, -0.2) is 4.57 Å². The normalized spacial score (nSPS) is 11.8. The molecule has 0 N–H and O–H groups in total. The molecule has 0 aromatic heterocycles. The minimum Gasteiger partial charge on any atom is -0.287 e. The summed E-state index contributed by atoms with van der Waals surface area (Å²) in [6.45, 7) is 3.94. The Hall–Kier alpha value is -0.0900. The van der Waals surface area contributed by atoms with Gasteiger partial charge in [0.25, 0.3) is 0 Å². The molecule has 1 rings (SSSR count). The summed E-state index contributed by atoms with van der Waals surface area (Å²) in [4.78, 5) is 0. The van der Waals surface area contributed by atoms with Gasteiger partial charge in [-0.05, 0) is 31.5 Å². The van der Waals surface area contributed by atoms with E-state index in [1.165, 1.54) is 0 Å². The molecule has 0 radical (unpaired) electrons. The third kappa shape index (κ3) is 4.88. The zero-order chi connectivity index (χ0) is 13.6. The number of rotatable bonds is 7. The van der Waals surface area contributed by atoms with Gasteiger partial charge in [0, 0.05) is 10.0 Å². The van der Waals surface area contributed by atoms with E-state index in [2.05, 4.69) is 0 Å². The van der Waals surface area contributed by atoms with E-state index in [0.29, 0.717) is 15.6 Å². The molecule has 7 heteroatoms. The maximum Gasteiger partial charge on any atom is 0.475 e. The molecule has 0 aliphatic carbocycles. The van der Waals surface area contributed by atoms with Gasteiger partial charge in [-0.3, -0.25) is 13.6 Å². The third-order valence-electron chi connectivity index (χ3n) is 1.97. The monoisotopic (exact) mass is 312 g/mol. The fraction of sp³-hybridized carbons (Fsp3) is 0.455. The van der Waals surface area contributed by atoms with Gasteiger partial charge < -0.3 is 0 Å². The van der Waals surface area contributed by atoms with Crippen LogP contribution in [0.3, 0.4) is 0 Å². The summed E-state index contributed by atoms with van der Waals surface area (Å²) in [6.07, 6.45) is 0. The first-order valence-corrected chi connectivity index (χ1v) is 7.70. The summed E-state index contributed by atoms with van der Waals surface area (Å²) >= 11 is 11.8. The quantitative estimate of drug-likeness (QED) is 0.685. The Kier molecular flexibility index (Phi) is 6.64. The molecule has 102 valence electrons. The Labute approximate surface area is 117 Å². The number of hydrogen-bond acceptors (Lipinski definition) is 4. The molecule has 0 heterocycles. The van der Waals surface area contributed by atoms with Crippen molar-refractivity contribution in [2.75, 3.05) is 13.2 Å². The van der Waals surface area contributed by atoms with Crippen LogP contribution < -0.4 is 0 Å². The predicted molar refractivity (Wildman–Crippen MR) is 72.1 cm³/mol. The molecule has 1 aromatic rings. The predicted octanol–water partition coefficient (Wildman–Crippen LogP) is 4.69. The molecule has 0 unspecified atom stereocenters. The van der Waals surface area contributed by atoms with Crippen LogP contribution >= 0.6 is 31.0 Å². The molecule has 0 spiro atoms. The van der Waals surface area contributed by atoms with Crippen molar-refractivity contribution in [2.24, 2.45) is 0 Å². The van der Waals surface area contributed by atoms with Crippen LogP contribution in [0.2, 0.25) is 10.0 Å². The van der Waals surface area contributed by atoms with E-state index in [0.717, 1.165) is 0 Å². The third-order valence-corrected chi connectivity index (χ3v) is 4.15. The Morgan fingerprint density at radius 1 is 1.11 bits per heavy atom. The largest absolute Gasteiger partial charge is 0.475 e. The summed E-state index contributed by atoms with van der Waals surface area (Å²) in [7, 11) is -3.51. The van der Waals surface area contributed by atoms with Gasteiger partial charge in [-0.2, -0.15) is 0 Å². The molecular weight excluding hydrogens is 298 g/mol. The molecule has 0 bridgehead atoms. The minimum absolute atomic E-state index is 0.0350. The van der Waals surface area contributed by atoms with Crippen LogP contribution in [0.25, 0.3) is 0 Å². The van der Waals surface area contributed by atoms with Crippen molar-refractivity contribution in [3.63, 3.8) is 0 Å². The van der Waals surface area contributed by atoms with Gasteiger partial charge in [-0.1, -0.05) is 29.3 Å². The van der Waals surface area contributed by atoms with Gasteiger partial charge in [0.15, 0.2) is 0 Å². The van der Waals surface area contributed by atoms with Crippen LogP contribution in [0.5, 0.6) is 0 Å². The van der Waals surface area contributed by atoms with E-state index in [1.807, 2.05) is 0 Å². The molecule has 0 atom stereocenters. The average molecular weight is 313 g/mol. The van der Waals surface area contributed by atoms with E-state index in [-0.39, 0.29) is 19.8 Å². The molecule has 4 nitrogen and oxygen atoms in total. The van der Waals surface area contributed by atoms with E-state index >= 15 is 0 Å². The molecule has 0 fully saturated rings. The first-order chi connectivity index (χ1) is 8.50. The number of halogens is 2. The standard InChI is InChI=1S/C11H15Cl2O4P/c1-3-15-18(14,16-4-2)17-8-9-5-6-10(12)7-11(9)13/h5-7H,3-4,8H2,1-2H3. The van der Waals surface area contributed by atoms with Crippen molar-refractivity contribution < 1.29 is 18.1 Å². The minimum atomic E-state index is -3.51. The number of hydrogen-bond donors (Lipinski definition) is 0. The van der Waals surface area contributed by atoms with Crippen molar-refractivity contribution >= 4 is 31.0 Å². The zero-order valence-electron chi connectivity index (χ0n) is 10.2. The van der Waals surface area contributed by atoms with Crippen LogP contribution in [0.15, 0.2) is 18.2 Å².